The van der Waals surface area contributed by atoms with Gasteiger partial charge in [0.1, 0.15) is 0 Å². The molecule has 15 heavy (non-hydrogen) atoms. The van der Waals surface area contributed by atoms with Gasteiger partial charge < -0.3 is 10.6 Å². The molecule has 0 spiro atoms. The number of guanidine groups is 2. The number of hydrogen-bond donors (Lipinski definition) is 2. The summed E-state index contributed by atoms with van der Waals surface area (Å²) in [7, 11) is 0. The minimum atomic E-state index is -0.159. The number of nitrogens with zero attached hydrogens (tertiary/aromatic N) is 3. The van der Waals surface area contributed by atoms with E-state index in [0.29, 0.717) is 5.96 Å². The van der Waals surface area contributed by atoms with Gasteiger partial charge in [-0.25, -0.2) is 4.99 Å². The highest BCUT2D eigenvalue weighted by Gasteiger charge is 2.16. The fourth-order valence-corrected chi connectivity index (χ4v) is 1.41. The Hall–Kier alpha value is -1.26. The zero-order chi connectivity index (χ0) is 11.5. The van der Waals surface area contributed by atoms with Crippen LogP contribution in [-0.2, 0) is 0 Å². The molecule has 0 unspecified atom stereocenters. The molecule has 0 saturated heterocycles. The Balaban J connectivity index is 2.59. The van der Waals surface area contributed by atoms with Crippen LogP contribution in [0, 0.1) is 0 Å². The van der Waals surface area contributed by atoms with Crippen LogP contribution in [0.4, 0.5) is 0 Å². The molecule has 3 N–H and O–H groups in total. The van der Waals surface area contributed by atoms with Crippen LogP contribution in [0.25, 0.3) is 0 Å². The van der Waals surface area contributed by atoms with Gasteiger partial charge in [-0.15, -0.1) is 0 Å². The standard InChI is InChI=1S/C10H21N5/c1-5-15-7-6-12-9(15)13-8(11)14-10(2,3)4/h5-7H2,1-4H3,(H3,11,12,13,14). The van der Waals surface area contributed by atoms with Crippen molar-refractivity contribution in [3.8, 4) is 0 Å². The second kappa shape index (κ2) is 4.51. The van der Waals surface area contributed by atoms with E-state index in [1.807, 2.05) is 20.8 Å². The predicted molar refractivity (Wildman–Crippen MR) is 64.1 cm³/mol. The summed E-state index contributed by atoms with van der Waals surface area (Å²) in [4.78, 5) is 10.8. The number of hydrogen-bond acceptors (Lipinski definition) is 3. The van der Waals surface area contributed by atoms with Gasteiger partial charge in [-0.05, 0) is 27.7 Å². The lowest BCUT2D eigenvalue weighted by atomic mass is 10.1. The minimum absolute atomic E-state index is 0.159. The number of rotatable bonds is 1. The Morgan fingerprint density at radius 2 is 2.27 bits per heavy atom. The molecule has 1 aliphatic rings. The van der Waals surface area contributed by atoms with Crippen molar-refractivity contribution in [1.82, 2.24) is 10.2 Å². The van der Waals surface area contributed by atoms with E-state index in [1.165, 1.54) is 0 Å². The summed E-state index contributed by atoms with van der Waals surface area (Å²) < 4.78 is 0. The third-order valence-electron chi connectivity index (χ3n) is 2.01. The molecular weight excluding hydrogens is 190 g/mol. The molecule has 5 heteroatoms. The highest BCUT2D eigenvalue weighted by Crippen LogP contribution is 2.05. The van der Waals surface area contributed by atoms with Crippen LogP contribution in [0.3, 0.4) is 0 Å². The van der Waals surface area contributed by atoms with Crippen LogP contribution in [0.2, 0.25) is 0 Å². The van der Waals surface area contributed by atoms with Crippen LogP contribution < -0.4 is 11.1 Å². The van der Waals surface area contributed by atoms with Gasteiger partial charge in [0.25, 0.3) is 0 Å². The molecule has 0 saturated carbocycles. The van der Waals surface area contributed by atoms with Gasteiger partial charge in [0, 0.05) is 13.1 Å². The Morgan fingerprint density at radius 3 is 2.80 bits per heavy atom. The van der Waals surface area contributed by atoms with E-state index in [4.69, 9.17) is 5.73 Å². The van der Waals surface area contributed by atoms with E-state index in [-0.39, 0.29) is 5.54 Å². The highest BCUT2D eigenvalue weighted by molar-refractivity contribution is 5.98. The Kier molecular flexibility index (Phi) is 3.55. The topological polar surface area (TPSA) is 66.0 Å². The van der Waals surface area contributed by atoms with Gasteiger partial charge >= 0.3 is 0 Å². The van der Waals surface area contributed by atoms with Crippen molar-refractivity contribution >= 4 is 11.9 Å². The zero-order valence-corrected chi connectivity index (χ0v) is 10.0. The van der Waals surface area contributed by atoms with Crippen LogP contribution in [0.15, 0.2) is 9.98 Å². The summed E-state index contributed by atoms with van der Waals surface area (Å²) in [6.07, 6.45) is 0. The summed E-state index contributed by atoms with van der Waals surface area (Å²) in [5.74, 6) is 1.27. The second-order valence-corrected chi connectivity index (χ2v) is 4.58. The zero-order valence-electron chi connectivity index (χ0n) is 10.0. The molecule has 86 valence electrons. The third kappa shape index (κ3) is 3.77. The molecule has 1 rings (SSSR count). The smallest absolute Gasteiger partial charge is 0.200 e. The molecule has 0 aromatic carbocycles. The van der Waals surface area contributed by atoms with Crippen LogP contribution in [0.5, 0.6) is 0 Å². The lowest BCUT2D eigenvalue weighted by Gasteiger charge is -2.20. The maximum absolute atomic E-state index is 5.79. The first-order chi connectivity index (χ1) is 6.92. The fourth-order valence-electron chi connectivity index (χ4n) is 1.41. The first-order valence-corrected chi connectivity index (χ1v) is 5.34. The lowest BCUT2D eigenvalue weighted by Crippen LogP contribution is -2.45. The average molecular weight is 211 g/mol. The van der Waals surface area contributed by atoms with Gasteiger partial charge in [-0.1, -0.05) is 0 Å². The minimum Gasteiger partial charge on any atom is -0.370 e. The number of nitrogens with one attached hydrogen (secondary N) is 1. The summed E-state index contributed by atoms with van der Waals surface area (Å²) in [5.41, 5.74) is 5.63. The molecule has 0 radical (unpaired) electrons. The molecular formula is C10H21N5. The van der Waals surface area contributed by atoms with Gasteiger partial charge in [-0.2, -0.15) is 0 Å². The number of likely N-dealkylation sites (N-methyl/N-ethyl adjacent to an activating group) is 1. The molecule has 0 amide bonds. The van der Waals surface area contributed by atoms with E-state index in [0.717, 1.165) is 25.6 Å². The molecule has 0 fully saturated rings. The molecule has 0 atom stereocenters. The van der Waals surface area contributed by atoms with Gasteiger partial charge in [-0.3, -0.25) is 10.3 Å². The highest BCUT2D eigenvalue weighted by atomic mass is 15.4. The van der Waals surface area contributed by atoms with E-state index < -0.39 is 0 Å². The Labute approximate surface area is 91.5 Å². The van der Waals surface area contributed by atoms with Gasteiger partial charge in [0.2, 0.25) is 5.96 Å². The van der Waals surface area contributed by atoms with E-state index in [2.05, 4.69) is 27.1 Å². The predicted octanol–water partition coefficient (Wildman–Crippen LogP) is 0.381. The molecule has 0 aromatic rings. The van der Waals surface area contributed by atoms with Crippen molar-refractivity contribution in [3.63, 3.8) is 0 Å². The summed E-state index contributed by atoms with van der Waals surface area (Å²) in [5, 5.41) is 3.04. The van der Waals surface area contributed by atoms with Crippen molar-refractivity contribution in [3.05, 3.63) is 0 Å². The SMILES string of the molecule is CCN1CCN=C1NC(N)=NC(C)(C)C. The molecule has 5 nitrogen and oxygen atoms in total. The fraction of sp³-hybridized carbons (Fsp3) is 0.800. The van der Waals surface area contributed by atoms with Gasteiger partial charge in [0.15, 0.2) is 5.96 Å². The van der Waals surface area contributed by atoms with Crippen molar-refractivity contribution in [1.29, 1.82) is 0 Å². The largest absolute Gasteiger partial charge is 0.370 e. The van der Waals surface area contributed by atoms with Gasteiger partial charge in [0.05, 0.1) is 12.1 Å². The second-order valence-electron chi connectivity index (χ2n) is 4.58. The van der Waals surface area contributed by atoms with E-state index >= 15 is 0 Å². The van der Waals surface area contributed by atoms with Crippen LogP contribution in [-0.4, -0.2) is 42.0 Å². The summed E-state index contributed by atoms with van der Waals surface area (Å²) >= 11 is 0. The van der Waals surface area contributed by atoms with E-state index in [9.17, 15) is 0 Å². The third-order valence-corrected chi connectivity index (χ3v) is 2.01. The van der Waals surface area contributed by atoms with Crippen LogP contribution >= 0.6 is 0 Å². The molecule has 0 aromatic heterocycles. The maximum Gasteiger partial charge on any atom is 0.200 e. The lowest BCUT2D eigenvalue weighted by molar-refractivity contribution is 0.473. The monoisotopic (exact) mass is 211 g/mol. The molecule has 1 heterocycles. The average Bonchev–Trinajstić information content (AvgIpc) is 2.48. The normalized spacial score (nSPS) is 18.0. The molecule has 1 aliphatic heterocycles. The van der Waals surface area contributed by atoms with Crippen LogP contribution in [0.1, 0.15) is 27.7 Å². The Morgan fingerprint density at radius 1 is 1.60 bits per heavy atom. The quantitative estimate of drug-likeness (QED) is 0.487. The summed E-state index contributed by atoms with van der Waals surface area (Å²) in [6.45, 7) is 10.9. The first kappa shape index (κ1) is 11.8. The molecule has 0 aliphatic carbocycles. The number of nitrogens with two attached hydrogens (primary N) is 1. The van der Waals surface area contributed by atoms with Crippen molar-refractivity contribution in [2.24, 2.45) is 15.7 Å². The summed E-state index contributed by atoms with van der Waals surface area (Å²) in [6, 6.07) is 0. The Bertz CT molecular complexity index is 274. The van der Waals surface area contributed by atoms with E-state index in [1.54, 1.807) is 0 Å². The number of aliphatic imine (C=N–C) groups is 2. The first-order valence-electron chi connectivity index (χ1n) is 5.34. The van der Waals surface area contributed by atoms with Crippen molar-refractivity contribution < 1.29 is 0 Å². The molecule has 0 bridgehead atoms. The van der Waals surface area contributed by atoms with Crippen molar-refractivity contribution in [2.75, 3.05) is 19.6 Å². The van der Waals surface area contributed by atoms with Crippen molar-refractivity contribution in [2.45, 2.75) is 33.2 Å². The maximum atomic E-state index is 5.79.